The Hall–Kier alpha value is -1.78. The predicted molar refractivity (Wildman–Crippen MR) is 59.0 cm³/mol. The highest BCUT2D eigenvalue weighted by Gasteiger charge is 2.23. The molecule has 1 rings (SSSR count). The van der Waals surface area contributed by atoms with Crippen molar-refractivity contribution in [2.45, 2.75) is 18.2 Å². The van der Waals surface area contributed by atoms with Gasteiger partial charge in [0.15, 0.2) is 0 Å². The molecule has 0 atom stereocenters. The topological polar surface area (TPSA) is 96.6 Å². The van der Waals surface area contributed by atoms with Crippen LogP contribution in [0.2, 0.25) is 0 Å². The summed E-state index contributed by atoms with van der Waals surface area (Å²) < 4.78 is 30.5. The van der Waals surface area contributed by atoms with Gasteiger partial charge in [-0.05, 0) is 6.92 Å². The molecule has 1 aromatic heterocycles. The van der Waals surface area contributed by atoms with E-state index in [9.17, 15) is 13.2 Å². The predicted octanol–water partition coefficient (Wildman–Crippen LogP) is 0.588. The Kier molecular flexibility index (Phi) is 3.93. The Balaban J connectivity index is 2.99. The number of carboxylic acid groups (broad SMARTS) is 1. The zero-order valence-electron chi connectivity index (χ0n) is 9.06. The summed E-state index contributed by atoms with van der Waals surface area (Å²) in [7, 11) is -3.78. The lowest BCUT2D eigenvalue weighted by Gasteiger charge is -2.02. The molecule has 0 spiro atoms. The third-order valence-electron chi connectivity index (χ3n) is 1.93. The first-order chi connectivity index (χ1) is 7.88. The first-order valence-electron chi connectivity index (χ1n) is 4.65. The van der Waals surface area contributed by atoms with E-state index in [1.807, 2.05) is 0 Å². The van der Waals surface area contributed by atoms with E-state index in [1.165, 1.54) is 6.92 Å². The molecule has 0 radical (unpaired) electrons. The Morgan fingerprint density at radius 3 is 2.76 bits per heavy atom. The fourth-order valence-electron chi connectivity index (χ4n) is 1.17. The van der Waals surface area contributed by atoms with Crippen molar-refractivity contribution in [1.82, 2.24) is 4.72 Å². The molecule has 1 aromatic rings. The standard InChI is InChI=1S/C10H11NO5S/c1-3-4-5-11-17(14,15)9-6-8(10(12)13)16-7(9)2/h1,6,11H,4-5H2,2H3,(H,12,13). The maximum absolute atomic E-state index is 11.7. The van der Waals surface area contributed by atoms with Crippen LogP contribution in [0.5, 0.6) is 0 Å². The van der Waals surface area contributed by atoms with Crippen molar-refractivity contribution in [3.05, 3.63) is 17.6 Å². The molecule has 0 saturated carbocycles. The van der Waals surface area contributed by atoms with Crippen molar-refractivity contribution in [1.29, 1.82) is 0 Å². The molecule has 0 aliphatic rings. The van der Waals surface area contributed by atoms with E-state index in [0.29, 0.717) is 0 Å². The van der Waals surface area contributed by atoms with Gasteiger partial charge in [-0.15, -0.1) is 12.3 Å². The van der Waals surface area contributed by atoms with Gasteiger partial charge in [0.2, 0.25) is 15.8 Å². The summed E-state index contributed by atoms with van der Waals surface area (Å²) in [5, 5.41) is 8.67. The summed E-state index contributed by atoms with van der Waals surface area (Å²) in [6.07, 6.45) is 5.24. The molecular formula is C10H11NO5S. The quantitative estimate of drug-likeness (QED) is 0.594. The van der Waals surface area contributed by atoms with E-state index in [4.69, 9.17) is 15.9 Å². The summed E-state index contributed by atoms with van der Waals surface area (Å²) >= 11 is 0. The molecular weight excluding hydrogens is 246 g/mol. The second-order valence-corrected chi connectivity index (χ2v) is 4.92. The van der Waals surface area contributed by atoms with Gasteiger partial charge in [0.1, 0.15) is 10.7 Å². The molecule has 7 heteroatoms. The van der Waals surface area contributed by atoms with E-state index in [-0.39, 0.29) is 23.6 Å². The number of hydrogen-bond donors (Lipinski definition) is 2. The van der Waals surface area contributed by atoms with Gasteiger partial charge >= 0.3 is 5.97 Å². The molecule has 0 bridgehead atoms. The van der Waals surface area contributed by atoms with Crippen LogP contribution in [0.15, 0.2) is 15.4 Å². The number of rotatable bonds is 5. The monoisotopic (exact) mass is 257 g/mol. The first-order valence-corrected chi connectivity index (χ1v) is 6.13. The van der Waals surface area contributed by atoms with Crippen molar-refractivity contribution in [2.75, 3.05) is 6.54 Å². The molecule has 0 amide bonds. The van der Waals surface area contributed by atoms with Crippen molar-refractivity contribution < 1.29 is 22.7 Å². The number of aryl methyl sites for hydroxylation is 1. The van der Waals surface area contributed by atoms with E-state index in [1.54, 1.807) is 0 Å². The van der Waals surface area contributed by atoms with Crippen LogP contribution in [-0.2, 0) is 10.0 Å². The number of carbonyl (C=O) groups is 1. The average Bonchev–Trinajstić information content (AvgIpc) is 2.61. The number of carboxylic acids is 1. The SMILES string of the molecule is C#CCCNS(=O)(=O)c1cc(C(=O)O)oc1C. The zero-order chi connectivity index (χ0) is 13.1. The molecule has 0 aliphatic carbocycles. The van der Waals surface area contributed by atoms with Gasteiger partial charge in [0.25, 0.3) is 0 Å². The van der Waals surface area contributed by atoms with Gasteiger partial charge in [-0.25, -0.2) is 17.9 Å². The molecule has 6 nitrogen and oxygen atoms in total. The van der Waals surface area contributed by atoms with Crippen molar-refractivity contribution in [2.24, 2.45) is 0 Å². The number of nitrogens with one attached hydrogen (secondary N) is 1. The van der Waals surface area contributed by atoms with Gasteiger partial charge in [-0.3, -0.25) is 0 Å². The molecule has 2 N–H and O–H groups in total. The summed E-state index contributed by atoms with van der Waals surface area (Å²) in [6.45, 7) is 1.47. The van der Waals surface area contributed by atoms with Gasteiger partial charge in [0, 0.05) is 19.0 Å². The summed E-state index contributed by atoms with van der Waals surface area (Å²) in [4.78, 5) is 10.4. The second kappa shape index (κ2) is 5.03. The molecule has 0 unspecified atom stereocenters. The maximum atomic E-state index is 11.7. The van der Waals surface area contributed by atoms with Crippen LogP contribution in [0.3, 0.4) is 0 Å². The molecule has 1 heterocycles. The van der Waals surface area contributed by atoms with Crippen LogP contribution in [0, 0.1) is 19.3 Å². The zero-order valence-corrected chi connectivity index (χ0v) is 9.87. The highest BCUT2D eigenvalue weighted by molar-refractivity contribution is 7.89. The van der Waals surface area contributed by atoms with Crippen molar-refractivity contribution >= 4 is 16.0 Å². The van der Waals surface area contributed by atoms with Gasteiger partial charge < -0.3 is 9.52 Å². The lowest BCUT2D eigenvalue weighted by atomic mass is 10.4. The van der Waals surface area contributed by atoms with Crippen LogP contribution in [-0.4, -0.2) is 26.0 Å². The van der Waals surface area contributed by atoms with Crippen molar-refractivity contribution in [3.8, 4) is 12.3 Å². The number of aromatic carboxylic acids is 1. The normalized spacial score (nSPS) is 11.1. The minimum Gasteiger partial charge on any atom is -0.475 e. The minimum absolute atomic E-state index is 0.0237. The van der Waals surface area contributed by atoms with Crippen LogP contribution in [0.4, 0.5) is 0 Å². The Morgan fingerprint density at radius 1 is 1.65 bits per heavy atom. The molecule has 0 fully saturated rings. The number of sulfonamides is 1. The van der Waals surface area contributed by atoms with E-state index < -0.39 is 21.8 Å². The lowest BCUT2D eigenvalue weighted by molar-refractivity contribution is 0.0661. The summed E-state index contributed by atoms with van der Waals surface area (Å²) in [5.41, 5.74) is 0. The molecule has 17 heavy (non-hydrogen) atoms. The van der Waals surface area contributed by atoms with Gasteiger partial charge in [-0.2, -0.15) is 0 Å². The smallest absolute Gasteiger partial charge is 0.371 e. The third kappa shape index (κ3) is 3.09. The number of terminal acetylenes is 1. The lowest BCUT2D eigenvalue weighted by Crippen LogP contribution is -2.24. The van der Waals surface area contributed by atoms with E-state index in [0.717, 1.165) is 6.07 Å². The van der Waals surface area contributed by atoms with Crippen LogP contribution < -0.4 is 4.72 Å². The number of furan rings is 1. The largest absolute Gasteiger partial charge is 0.475 e. The highest BCUT2D eigenvalue weighted by Crippen LogP contribution is 2.19. The Morgan fingerprint density at radius 2 is 2.29 bits per heavy atom. The van der Waals surface area contributed by atoms with Crippen LogP contribution in [0.25, 0.3) is 0 Å². The maximum Gasteiger partial charge on any atom is 0.371 e. The van der Waals surface area contributed by atoms with Gasteiger partial charge in [-0.1, -0.05) is 0 Å². The molecule has 0 saturated heterocycles. The highest BCUT2D eigenvalue weighted by atomic mass is 32.2. The second-order valence-electron chi connectivity index (χ2n) is 3.19. The summed E-state index contributed by atoms with van der Waals surface area (Å²) in [5.74, 6) is 0.571. The van der Waals surface area contributed by atoms with Crippen LogP contribution in [0.1, 0.15) is 22.7 Å². The Bertz CT molecular complexity index is 564. The fourth-order valence-corrected chi connectivity index (χ4v) is 2.38. The first kappa shape index (κ1) is 13.3. The third-order valence-corrected chi connectivity index (χ3v) is 3.50. The van der Waals surface area contributed by atoms with E-state index >= 15 is 0 Å². The van der Waals surface area contributed by atoms with Crippen molar-refractivity contribution in [3.63, 3.8) is 0 Å². The van der Waals surface area contributed by atoms with E-state index in [2.05, 4.69) is 10.6 Å². The van der Waals surface area contributed by atoms with Crippen LogP contribution >= 0.6 is 0 Å². The average molecular weight is 257 g/mol. The fraction of sp³-hybridized carbons (Fsp3) is 0.300. The summed E-state index contributed by atoms with van der Waals surface area (Å²) in [6, 6.07) is 0.968. The number of hydrogen-bond acceptors (Lipinski definition) is 4. The molecule has 92 valence electrons. The Labute approximate surface area is 98.7 Å². The molecule has 0 aromatic carbocycles. The minimum atomic E-state index is -3.78. The molecule has 0 aliphatic heterocycles. The van der Waals surface area contributed by atoms with Gasteiger partial charge in [0.05, 0.1) is 0 Å².